The lowest BCUT2D eigenvalue weighted by Gasteiger charge is -2.11. The van der Waals surface area contributed by atoms with Crippen molar-refractivity contribution < 1.29 is 28.7 Å². The maximum absolute atomic E-state index is 11.9. The zero-order valence-electron chi connectivity index (χ0n) is 16.3. The molecule has 0 aromatic heterocycles. The topological polar surface area (TPSA) is 86.7 Å². The predicted molar refractivity (Wildman–Crippen MR) is 97.1 cm³/mol. The quantitative estimate of drug-likeness (QED) is 0.228. The van der Waals surface area contributed by atoms with E-state index in [9.17, 15) is 19.2 Å². The first-order chi connectivity index (χ1) is 12.3. The van der Waals surface area contributed by atoms with Gasteiger partial charge in [-0.15, -0.1) is 11.8 Å². The molecule has 6 heteroatoms. The normalized spacial score (nSPS) is 12.3. The van der Waals surface area contributed by atoms with Crippen LogP contribution in [0.5, 0.6) is 0 Å². The van der Waals surface area contributed by atoms with Gasteiger partial charge in [-0.1, -0.05) is 26.7 Å². The average molecular weight is 366 g/mol. The molecule has 2 unspecified atom stereocenters. The molecule has 146 valence electrons. The third-order valence-electron chi connectivity index (χ3n) is 3.77. The summed E-state index contributed by atoms with van der Waals surface area (Å²) in [7, 11) is 0. The van der Waals surface area contributed by atoms with Gasteiger partial charge in [0, 0.05) is 12.8 Å². The number of esters is 2. The molecule has 0 aliphatic rings. The van der Waals surface area contributed by atoms with Crippen LogP contribution in [0.3, 0.4) is 0 Å². The van der Waals surface area contributed by atoms with Crippen LogP contribution in [-0.2, 0) is 28.7 Å². The summed E-state index contributed by atoms with van der Waals surface area (Å²) < 4.78 is 10.1. The number of unbranched alkanes of at least 4 members (excludes halogenated alkanes) is 2. The summed E-state index contributed by atoms with van der Waals surface area (Å²) in [5.74, 6) is 1.76. The van der Waals surface area contributed by atoms with Gasteiger partial charge in [0.05, 0.1) is 13.2 Å². The molecule has 0 rings (SSSR count). The molecule has 0 aromatic rings. The fourth-order valence-corrected chi connectivity index (χ4v) is 1.97. The Morgan fingerprint density at radius 3 is 1.35 bits per heavy atom. The van der Waals surface area contributed by atoms with E-state index in [2.05, 4.69) is 11.8 Å². The second-order valence-corrected chi connectivity index (χ2v) is 6.13. The molecule has 0 aliphatic carbocycles. The zero-order chi connectivity index (χ0) is 19.9. The predicted octanol–water partition coefficient (Wildman–Crippen LogP) is 2.87. The summed E-state index contributed by atoms with van der Waals surface area (Å²) in [6.45, 7) is 7.14. The maximum Gasteiger partial charge on any atom is 0.317 e. The highest BCUT2D eigenvalue weighted by Gasteiger charge is 2.25. The molecule has 0 aliphatic heterocycles. The van der Waals surface area contributed by atoms with Crippen LogP contribution in [0.1, 0.15) is 66.2 Å². The van der Waals surface area contributed by atoms with Gasteiger partial charge in [0.25, 0.3) is 0 Å². The molecule has 0 saturated heterocycles. The van der Waals surface area contributed by atoms with Crippen molar-refractivity contribution >= 4 is 23.5 Å². The molecule has 0 N–H and O–H groups in total. The van der Waals surface area contributed by atoms with Crippen LogP contribution in [-0.4, -0.2) is 36.7 Å². The largest absolute Gasteiger partial charge is 0.465 e. The van der Waals surface area contributed by atoms with Gasteiger partial charge in [0.1, 0.15) is 23.4 Å². The zero-order valence-corrected chi connectivity index (χ0v) is 16.3. The van der Waals surface area contributed by atoms with Crippen molar-refractivity contribution in [2.24, 2.45) is 11.8 Å². The molecule has 2 atom stereocenters. The number of hydrogen-bond donors (Lipinski definition) is 0. The van der Waals surface area contributed by atoms with Crippen molar-refractivity contribution in [1.29, 1.82) is 0 Å². The van der Waals surface area contributed by atoms with Crippen molar-refractivity contribution in [2.45, 2.75) is 66.2 Å². The minimum atomic E-state index is -0.938. The van der Waals surface area contributed by atoms with Crippen LogP contribution >= 0.6 is 0 Å². The van der Waals surface area contributed by atoms with Gasteiger partial charge < -0.3 is 9.47 Å². The number of carbonyl (C=O) groups is 4. The summed E-state index contributed by atoms with van der Waals surface area (Å²) in [5, 5.41) is 0. The summed E-state index contributed by atoms with van der Waals surface area (Å²) in [5.41, 5.74) is 0. The van der Waals surface area contributed by atoms with Gasteiger partial charge in [-0.3, -0.25) is 19.2 Å². The Balaban J connectivity index is 4.66. The summed E-state index contributed by atoms with van der Waals surface area (Å²) in [6.07, 6.45) is 3.27. The lowest BCUT2D eigenvalue weighted by atomic mass is 9.99. The molecule has 26 heavy (non-hydrogen) atoms. The molecule has 0 amide bonds. The molecule has 0 spiro atoms. The number of Topliss-reactive ketones (excluding diaryl/α,β-unsaturated/α-hetero) is 2. The van der Waals surface area contributed by atoms with Gasteiger partial charge in [-0.25, -0.2) is 0 Å². The smallest absolute Gasteiger partial charge is 0.317 e. The van der Waals surface area contributed by atoms with Gasteiger partial charge in [-0.05, 0) is 26.7 Å². The van der Waals surface area contributed by atoms with Crippen molar-refractivity contribution in [3.8, 4) is 11.8 Å². The molecule has 0 aromatic carbocycles. The fourth-order valence-electron chi connectivity index (χ4n) is 1.97. The minimum absolute atomic E-state index is 0.00972. The molecule has 0 heterocycles. The van der Waals surface area contributed by atoms with Gasteiger partial charge in [0.15, 0.2) is 0 Å². The molecule has 0 bridgehead atoms. The van der Waals surface area contributed by atoms with Crippen molar-refractivity contribution in [2.75, 3.05) is 13.2 Å². The fraction of sp³-hybridized carbons (Fsp3) is 0.700. The van der Waals surface area contributed by atoms with Crippen molar-refractivity contribution in [1.82, 2.24) is 0 Å². The lowest BCUT2D eigenvalue weighted by molar-refractivity contribution is -0.153. The Bertz CT molecular complexity index is 494. The van der Waals surface area contributed by atoms with E-state index < -0.39 is 23.8 Å². The molecular weight excluding hydrogens is 336 g/mol. The molecule has 0 radical (unpaired) electrons. The van der Waals surface area contributed by atoms with Crippen LogP contribution in [0.15, 0.2) is 0 Å². The molecule has 0 fully saturated rings. The van der Waals surface area contributed by atoms with E-state index in [1.807, 2.05) is 13.8 Å². The Morgan fingerprint density at radius 2 is 1.08 bits per heavy atom. The third kappa shape index (κ3) is 9.97. The molecule has 0 saturated carbocycles. The number of ketones is 2. The Morgan fingerprint density at radius 1 is 0.731 bits per heavy atom. The van der Waals surface area contributed by atoms with E-state index >= 15 is 0 Å². The summed E-state index contributed by atoms with van der Waals surface area (Å²) in [6, 6.07) is 0. The average Bonchev–Trinajstić information content (AvgIpc) is 2.57. The van der Waals surface area contributed by atoms with Crippen LogP contribution in [0.4, 0.5) is 0 Å². The summed E-state index contributed by atoms with van der Waals surface area (Å²) >= 11 is 0. The molecular formula is C20H30O6. The Kier molecular flexibility index (Phi) is 12.9. The standard InChI is InChI=1S/C20H30O6/c1-5-7-13-25-19(23)17(15(3)21)11-9-10-12-18(16(4)22)20(24)26-14-8-6-2/h17-18H,5-8,11-14H2,1-4H3. The van der Waals surface area contributed by atoms with E-state index in [-0.39, 0.29) is 37.6 Å². The third-order valence-corrected chi connectivity index (χ3v) is 3.77. The first kappa shape index (κ1) is 23.8. The Labute approximate surface area is 156 Å². The van der Waals surface area contributed by atoms with Gasteiger partial charge in [-0.2, -0.15) is 0 Å². The second kappa shape index (κ2) is 14.1. The van der Waals surface area contributed by atoms with Crippen molar-refractivity contribution in [3.63, 3.8) is 0 Å². The van der Waals surface area contributed by atoms with E-state index in [0.717, 1.165) is 25.7 Å². The monoisotopic (exact) mass is 366 g/mol. The van der Waals surface area contributed by atoms with Crippen LogP contribution in [0.2, 0.25) is 0 Å². The first-order valence-corrected chi connectivity index (χ1v) is 9.14. The highest BCUT2D eigenvalue weighted by atomic mass is 16.5. The van der Waals surface area contributed by atoms with E-state index in [1.54, 1.807) is 0 Å². The van der Waals surface area contributed by atoms with Crippen LogP contribution in [0.25, 0.3) is 0 Å². The first-order valence-electron chi connectivity index (χ1n) is 9.14. The number of carbonyl (C=O) groups excluding carboxylic acids is 4. The Hall–Kier alpha value is -2.16. The highest BCUT2D eigenvalue weighted by Crippen LogP contribution is 2.10. The summed E-state index contributed by atoms with van der Waals surface area (Å²) in [4.78, 5) is 47.0. The van der Waals surface area contributed by atoms with Gasteiger partial charge >= 0.3 is 11.9 Å². The van der Waals surface area contributed by atoms with Crippen molar-refractivity contribution in [3.05, 3.63) is 0 Å². The number of hydrogen-bond acceptors (Lipinski definition) is 6. The van der Waals surface area contributed by atoms with Gasteiger partial charge in [0.2, 0.25) is 0 Å². The lowest BCUT2D eigenvalue weighted by Crippen LogP contribution is -2.25. The maximum atomic E-state index is 11.9. The minimum Gasteiger partial charge on any atom is -0.465 e. The molecule has 6 nitrogen and oxygen atoms in total. The van der Waals surface area contributed by atoms with E-state index in [1.165, 1.54) is 13.8 Å². The van der Waals surface area contributed by atoms with Crippen LogP contribution < -0.4 is 0 Å². The SMILES string of the molecule is CCCCOC(=O)C(CC#CCC(C(C)=O)C(=O)OCCCC)C(C)=O. The number of ether oxygens (including phenoxy) is 2. The second-order valence-electron chi connectivity index (χ2n) is 6.13. The van der Waals surface area contributed by atoms with E-state index in [4.69, 9.17) is 9.47 Å². The highest BCUT2D eigenvalue weighted by molar-refractivity contribution is 5.98. The number of rotatable bonds is 12. The van der Waals surface area contributed by atoms with Crippen LogP contribution in [0, 0.1) is 23.7 Å². The van der Waals surface area contributed by atoms with E-state index in [0.29, 0.717) is 0 Å².